The summed E-state index contributed by atoms with van der Waals surface area (Å²) in [7, 11) is 0. The highest BCUT2D eigenvalue weighted by Crippen LogP contribution is 2.28. The SMILES string of the molecule is CCCOc1cccc2c1ccn2CCCC(C)(C)C#N. The lowest BCUT2D eigenvalue weighted by Gasteiger charge is -2.15. The molecule has 3 heteroatoms. The van der Waals surface area contributed by atoms with Gasteiger partial charge in [-0.05, 0) is 51.3 Å². The number of hydrogen-bond acceptors (Lipinski definition) is 2. The molecule has 2 rings (SSSR count). The molecule has 1 heterocycles. The highest BCUT2D eigenvalue weighted by Gasteiger charge is 2.16. The number of nitrogens with zero attached hydrogens (tertiary/aromatic N) is 2. The molecule has 3 nitrogen and oxygen atoms in total. The summed E-state index contributed by atoms with van der Waals surface area (Å²) in [6.45, 7) is 7.80. The molecule has 0 N–H and O–H groups in total. The van der Waals surface area contributed by atoms with Crippen LogP contribution < -0.4 is 4.74 Å². The molecule has 0 bridgehead atoms. The number of hydrogen-bond donors (Lipinski definition) is 0. The molecular weight excluding hydrogens is 260 g/mol. The van der Waals surface area contributed by atoms with E-state index < -0.39 is 0 Å². The van der Waals surface area contributed by atoms with Crippen LogP contribution in [-0.4, -0.2) is 11.2 Å². The predicted octanol–water partition coefficient (Wildman–Crippen LogP) is 4.76. The minimum atomic E-state index is -0.238. The van der Waals surface area contributed by atoms with E-state index in [1.54, 1.807) is 0 Å². The Labute approximate surface area is 127 Å². The maximum absolute atomic E-state index is 9.07. The molecule has 1 aromatic carbocycles. The number of nitriles is 1. The third kappa shape index (κ3) is 3.78. The first-order chi connectivity index (χ1) is 10.1. The molecule has 0 saturated carbocycles. The van der Waals surface area contributed by atoms with Crippen molar-refractivity contribution in [2.45, 2.75) is 46.6 Å². The van der Waals surface area contributed by atoms with E-state index in [1.165, 1.54) is 10.9 Å². The summed E-state index contributed by atoms with van der Waals surface area (Å²) < 4.78 is 8.05. The molecule has 0 atom stereocenters. The predicted molar refractivity (Wildman–Crippen MR) is 86.4 cm³/mol. The van der Waals surface area contributed by atoms with Crippen LogP contribution in [0, 0.1) is 16.7 Å². The summed E-state index contributed by atoms with van der Waals surface area (Å²) in [5.41, 5.74) is 0.969. The Kier molecular flexibility index (Phi) is 4.90. The van der Waals surface area contributed by atoms with E-state index in [0.717, 1.165) is 38.2 Å². The van der Waals surface area contributed by atoms with Crippen LogP contribution in [-0.2, 0) is 6.54 Å². The molecule has 0 aliphatic carbocycles. The second-order valence-electron chi connectivity index (χ2n) is 6.15. The van der Waals surface area contributed by atoms with E-state index in [1.807, 2.05) is 26.0 Å². The first kappa shape index (κ1) is 15.4. The minimum absolute atomic E-state index is 0.238. The van der Waals surface area contributed by atoms with E-state index in [4.69, 9.17) is 10.00 Å². The number of rotatable bonds is 7. The highest BCUT2D eigenvalue weighted by molar-refractivity contribution is 5.86. The number of aryl methyl sites for hydroxylation is 1. The second-order valence-corrected chi connectivity index (χ2v) is 6.15. The molecular formula is C18H24N2O. The second kappa shape index (κ2) is 6.67. The fourth-order valence-electron chi connectivity index (χ4n) is 2.48. The number of aromatic nitrogens is 1. The fourth-order valence-corrected chi connectivity index (χ4v) is 2.48. The zero-order valence-electron chi connectivity index (χ0n) is 13.2. The average molecular weight is 284 g/mol. The topological polar surface area (TPSA) is 38.0 Å². The van der Waals surface area contributed by atoms with E-state index in [0.29, 0.717) is 0 Å². The molecule has 0 fully saturated rings. The van der Waals surface area contributed by atoms with Gasteiger partial charge in [-0.15, -0.1) is 0 Å². The lowest BCUT2D eigenvalue weighted by Crippen LogP contribution is -2.09. The maximum Gasteiger partial charge on any atom is 0.128 e. The highest BCUT2D eigenvalue weighted by atomic mass is 16.5. The molecule has 0 saturated heterocycles. The van der Waals surface area contributed by atoms with Crippen LogP contribution in [0.2, 0.25) is 0 Å². The summed E-state index contributed by atoms with van der Waals surface area (Å²) in [5, 5.41) is 10.2. The average Bonchev–Trinajstić information content (AvgIpc) is 2.89. The molecule has 0 aliphatic rings. The third-order valence-corrected chi connectivity index (χ3v) is 3.74. The fraction of sp³-hybridized carbons (Fsp3) is 0.500. The lowest BCUT2D eigenvalue weighted by molar-refractivity contribution is 0.321. The molecule has 2 aromatic rings. The van der Waals surface area contributed by atoms with E-state index in [2.05, 4.69) is 35.9 Å². The Morgan fingerprint density at radius 2 is 2.10 bits per heavy atom. The Bertz CT molecular complexity index is 634. The Balaban J connectivity index is 2.10. The molecule has 0 spiro atoms. The van der Waals surface area contributed by atoms with Crippen molar-refractivity contribution in [2.75, 3.05) is 6.61 Å². The van der Waals surface area contributed by atoms with Crippen LogP contribution in [0.15, 0.2) is 30.5 Å². The summed E-state index contributed by atoms with van der Waals surface area (Å²) in [5.74, 6) is 0.963. The lowest BCUT2D eigenvalue weighted by atomic mass is 9.90. The number of benzene rings is 1. The van der Waals surface area contributed by atoms with Crippen LogP contribution in [0.25, 0.3) is 10.9 Å². The molecule has 0 aliphatic heterocycles. The van der Waals surface area contributed by atoms with Crippen molar-refractivity contribution in [3.05, 3.63) is 30.5 Å². The van der Waals surface area contributed by atoms with Crippen LogP contribution in [0.1, 0.15) is 40.0 Å². The molecule has 1 aromatic heterocycles. The van der Waals surface area contributed by atoms with Crippen LogP contribution >= 0.6 is 0 Å². The van der Waals surface area contributed by atoms with Gasteiger partial charge in [0.05, 0.1) is 23.6 Å². The van der Waals surface area contributed by atoms with Gasteiger partial charge in [0.25, 0.3) is 0 Å². The van der Waals surface area contributed by atoms with Crippen LogP contribution in [0.4, 0.5) is 0 Å². The maximum atomic E-state index is 9.07. The van der Waals surface area contributed by atoms with Crippen LogP contribution in [0.3, 0.4) is 0 Å². The van der Waals surface area contributed by atoms with Crippen molar-refractivity contribution in [3.63, 3.8) is 0 Å². The molecule has 112 valence electrons. The monoisotopic (exact) mass is 284 g/mol. The smallest absolute Gasteiger partial charge is 0.128 e. The minimum Gasteiger partial charge on any atom is -0.493 e. The summed E-state index contributed by atoms with van der Waals surface area (Å²) in [4.78, 5) is 0. The van der Waals surface area contributed by atoms with E-state index >= 15 is 0 Å². The van der Waals surface area contributed by atoms with E-state index in [9.17, 15) is 0 Å². The standard InChI is InChI=1S/C18H24N2O/c1-4-13-21-17-8-5-7-16-15(17)9-12-20(16)11-6-10-18(2,3)14-19/h5,7-9,12H,4,6,10-11,13H2,1-3H3. The van der Waals surface area contributed by atoms with Gasteiger partial charge in [-0.25, -0.2) is 0 Å². The largest absolute Gasteiger partial charge is 0.493 e. The Morgan fingerprint density at radius 1 is 1.29 bits per heavy atom. The Hall–Kier alpha value is -1.95. The first-order valence-electron chi connectivity index (χ1n) is 7.69. The molecule has 0 unspecified atom stereocenters. The van der Waals surface area contributed by atoms with Gasteiger partial charge in [0.2, 0.25) is 0 Å². The van der Waals surface area contributed by atoms with Gasteiger partial charge >= 0.3 is 0 Å². The van der Waals surface area contributed by atoms with Crippen molar-refractivity contribution in [2.24, 2.45) is 5.41 Å². The molecule has 21 heavy (non-hydrogen) atoms. The zero-order chi connectivity index (χ0) is 15.3. The van der Waals surface area contributed by atoms with Gasteiger partial charge in [0.1, 0.15) is 5.75 Å². The summed E-state index contributed by atoms with van der Waals surface area (Å²) in [6, 6.07) is 10.7. The van der Waals surface area contributed by atoms with Crippen molar-refractivity contribution in [3.8, 4) is 11.8 Å². The molecule has 0 radical (unpaired) electrons. The van der Waals surface area contributed by atoms with Crippen molar-refractivity contribution in [1.82, 2.24) is 4.57 Å². The van der Waals surface area contributed by atoms with Crippen molar-refractivity contribution in [1.29, 1.82) is 5.26 Å². The third-order valence-electron chi connectivity index (χ3n) is 3.74. The number of fused-ring (bicyclic) bond motifs is 1. The van der Waals surface area contributed by atoms with Crippen molar-refractivity contribution >= 4 is 10.9 Å². The van der Waals surface area contributed by atoms with Gasteiger partial charge < -0.3 is 9.30 Å². The van der Waals surface area contributed by atoms with Gasteiger partial charge in [-0.2, -0.15) is 5.26 Å². The van der Waals surface area contributed by atoms with Gasteiger partial charge in [0.15, 0.2) is 0 Å². The summed E-state index contributed by atoms with van der Waals surface area (Å²) >= 11 is 0. The zero-order valence-corrected chi connectivity index (χ0v) is 13.2. The normalized spacial score (nSPS) is 11.5. The van der Waals surface area contributed by atoms with Crippen molar-refractivity contribution < 1.29 is 4.74 Å². The van der Waals surface area contributed by atoms with Crippen LogP contribution in [0.5, 0.6) is 5.75 Å². The molecule has 0 amide bonds. The van der Waals surface area contributed by atoms with E-state index in [-0.39, 0.29) is 5.41 Å². The van der Waals surface area contributed by atoms with Gasteiger partial charge in [-0.3, -0.25) is 0 Å². The van der Waals surface area contributed by atoms with Gasteiger partial charge in [0, 0.05) is 18.1 Å². The quantitative estimate of drug-likeness (QED) is 0.735. The number of ether oxygens (including phenoxy) is 1. The Morgan fingerprint density at radius 3 is 2.81 bits per heavy atom. The first-order valence-corrected chi connectivity index (χ1v) is 7.69. The summed E-state index contributed by atoms with van der Waals surface area (Å²) in [6.07, 6.45) is 5.04. The van der Waals surface area contributed by atoms with Gasteiger partial charge in [-0.1, -0.05) is 13.0 Å².